The molecule has 0 radical (unpaired) electrons. The van der Waals surface area contributed by atoms with E-state index in [9.17, 15) is 9.59 Å². The molecular weight excluding hydrogens is 330 g/mol. The number of carbonyl (C=O) groups is 1. The van der Waals surface area contributed by atoms with Crippen molar-refractivity contribution in [1.82, 2.24) is 20.6 Å². The van der Waals surface area contributed by atoms with E-state index in [1.807, 2.05) is 32.2 Å². The lowest BCUT2D eigenvalue weighted by molar-refractivity contribution is -0.121. The third-order valence-corrected chi connectivity index (χ3v) is 4.41. The van der Waals surface area contributed by atoms with Gasteiger partial charge in [-0.25, -0.2) is 0 Å². The molecule has 1 atom stereocenters. The molecule has 0 fully saturated rings. The average Bonchev–Trinajstić information content (AvgIpc) is 2.65. The molecule has 0 aliphatic carbocycles. The number of hydrogen-bond donors (Lipinski definition) is 3. The second-order valence-corrected chi connectivity index (χ2v) is 6.19. The van der Waals surface area contributed by atoms with E-state index in [1.165, 1.54) is 6.20 Å². The fourth-order valence-electron chi connectivity index (χ4n) is 2.94. The first kappa shape index (κ1) is 17.4. The van der Waals surface area contributed by atoms with Gasteiger partial charge in [0.2, 0.25) is 5.91 Å². The Morgan fingerprint density at radius 2 is 2.31 bits per heavy atom. The fraction of sp³-hybridized carbons (Fsp3) is 0.263. The molecule has 1 aliphatic heterocycles. The first-order valence-electron chi connectivity index (χ1n) is 8.30. The lowest BCUT2D eigenvalue weighted by Crippen LogP contribution is -2.44. The Labute approximate surface area is 153 Å². The maximum atomic E-state index is 12.4. The number of nitrogens with one attached hydrogen (secondary N) is 3. The number of nitriles is 1. The van der Waals surface area contributed by atoms with Crippen LogP contribution in [0.25, 0.3) is 12.3 Å². The van der Waals surface area contributed by atoms with E-state index in [-0.39, 0.29) is 26.8 Å². The molecule has 0 saturated carbocycles. The van der Waals surface area contributed by atoms with Crippen LogP contribution in [0.2, 0.25) is 0 Å². The number of amides is 1. The summed E-state index contributed by atoms with van der Waals surface area (Å²) < 4.78 is 0. The van der Waals surface area contributed by atoms with Crippen LogP contribution in [0.4, 0.5) is 0 Å². The van der Waals surface area contributed by atoms with Crippen LogP contribution in [0.5, 0.6) is 0 Å². The Kier molecular flexibility index (Phi) is 4.85. The normalized spacial score (nSPS) is 13.3. The highest BCUT2D eigenvalue weighted by Crippen LogP contribution is 2.10. The van der Waals surface area contributed by atoms with Crippen LogP contribution in [-0.4, -0.2) is 22.4 Å². The molecule has 0 spiro atoms. The summed E-state index contributed by atoms with van der Waals surface area (Å²) in [6.45, 7) is 4.32. The zero-order valence-electron chi connectivity index (χ0n) is 14.6. The van der Waals surface area contributed by atoms with Gasteiger partial charge in [0.15, 0.2) is 0 Å². The molecule has 3 N–H and O–H groups in total. The molecule has 7 heteroatoms. The second-order valence-electron chi connectivity index (χ2n) is 6.19. The summed E-state index contributed by atoms with van der Waals surface area (Å²) in [4.78, 5) is 31.8. The fourth-order valence-corrected chi connectivity index (χ4v) is 2.94. The summed E-state index contributed by atoms with van der Waals surface area (Å²) in [6.07, 6.45) is 5.22. The molecule has 2 aromatic rings. The molecule has 3 heterocycles. The van der Waals surface area contributed by atoms with Gasteiger partial charge < -0.3 is 15.6 Å². The smallest absolute Gasteiger partial charge is 0.252 e. The van der Waals surface area contributed by atoms with Crippen molar-refractivity contribution >= 4 is 18.2 Å². The quantitative estimate of drug-likeness (QED) is 0.716. The molecule has 3 rings (SSSR count). The number of H-pyrrole nitrogens is 1. The second kappa shape index (κ2) is 7.23. The molecule has 7 nitrogen and oxygen atoms in total. The zero-order valence-corrected chi connectivity index (χ0v) is 14.6. The Hall–Kier alpha value is -3.40. The van der Waals surface area contributed by atoms with Crippen molar-refractivity contribution in [2.24, 2.45) is 0 Å². The van der Waals surface area contributed by atoms with Gasteiger partial charge in [-0.1, -0.05) is 0 Å². The molecule has 1 aliphatic rings. The Morgan fingerprint density at radius 1 is 1.50 bits per heavy atom. The van der Waals surface area contributed by atoms with Crippen LogP contribution >= 0.6 is 0 Å². The van der Waals surface area contributed by atoms with Crippen molar-refractivity contribution in [1.29, 1.82) is 5.26 Å². The number of pyridine rings is 2. The molecule has 1 amide bonds. The third-order valence-electron chi connectivity index (χ3n) is 4.41. The van der Waals surface area contributed by atoms with Crippen molar-refractivity contribution in [3.05, 3.63) is 61.6 Å². The van der Waals surface area contributed by atoms with Crippen molar-refractivity contribution in [3.63, 3.8) is 0 Å². The SMILES string of the molecule is Cc1c(CC(=O)N[C@@H](C)c2ccc(C#N)cn2)c(=O)[nH]c2c1=CNCC=2.[HH].[HH]. The molecular formula is C19H23N5O2. The number of hydrogen-bond acceptors (Lipinski definition) is 5. The summed E-state index contributed by atoms with van der Waals surface area (Å²) in [5.74, 6) is -0.259. The minimum Gasteiger partial charge on any atom is -0.387 e. The van der Waals surface area contributed by atoms with Crippen LogP contribution in [0.3, 0.4) is 0 Å². The summed E-state index contributed by atoms with van der Waals surface area (Å²) in [7, 11) is 0. The van der Waals surface area contributed by atoms with Crippen molar-refractivity contribution in [2.75, 3.05) is 6.54 Å². The van der Waals surface area contributed by atoms with Crippen LogP contribution in [0.1, 0.15) is 38.2 Å². The van der Waals surface area contributed by atoms with Gasteiger partial charge in [-0.05, 0) is 37.6 Å². The average molecular weight is 353 g/mol. The maximum Gasteiger partial charge on any atom is 0.252 e. The first-order chi connectivity index (χ1) is 12.5. The minimum absolute atomic E-state index is 0. The number of aromatic amines is 1. The highest BCUT2D eigenvalue weighted by atomic mass is 16.2. The van der Waals surface area contributed by atoms with E-state index in [2.05, 4.69) is 20.6 Å². The number of aromatic nitrogens is 2. The van der Waals surface area contributed by atoms with Gasteiger partial charge >= 0.3 is 0 Å². The van der Waals surface area contributed by atoms with Crippen molar-refractivity contribution < 1.29 is 7.65 Å². The van der Waals surface area contributed by atoms with E-state index in [1.54, 1.807) is 12.1 Å². The van der Waals surface area contributed by atoms with E-state index >= 15 is 0 Å². The van der Waals surface area contributed by atoms with Gasteiger partial charge in [-0.3, -0.25) is 14.6 Å². The number of nitrogens with zero attached hydrogens (tertiary/aromatic N) is 2. The summed E-state index contributed by atoms with van der Waals surface area (Å²) in [5, 5.41) is 16.5. The lowest BCUT2D eigenvalue weighted by atomic mass is 10.0. The maximum absolute atomic E-state index is 12.4. The standard InChI is InChI=1S/C19H19N5O2.2H2/c1-11-14(19(26)24-17-5-6-21-10-15(11)17)7-18(25)23-12(2)16-4-3-13(8-20)9-22-16;;/h3-5,9-10,12,21H,6-7H2,1-2H3,(H,23,25)(H,24,26);2*1H/t12-;;/m0../s1. The molecule has 26 heavy (non-hydrogen) atoms. The topological polar surface area (TPSA) is 111 Å². The number of carbonyl (C=O) groups excluding carboxylic acids is 1. The largest absolute Gasteiger partial charge is 0.387 e. The highest BCUT2D eigenvalue weighted by molar-refractivity contribution is 5.79. The van der Waals surface area contributed by atoms with Crippen LogP contribution < -0.4 is 26.8 Å². The van der Waals surface area contributed by atoms with Gasteiger partial charge in [0.1, 0.15) is 6.07 Å². The van der Waals surface area contributed by atoms with Crippen LogP contribution in [0.15, 0.2) is 23.1 Å². The van der Waals surface area contributed by atoms with Crippen molar-refractivity contribution in [2.45, 2.75) is 26.3 Å². The predicted molar refractivity (Wildman–Crippen MR) is 101 cm³/mol. The van der Waals surface area contributed by atoms with Gasteiger partial charge in [-0.15, -0.1) is 0 Å². The first-order valence-corrected chi connectivity index (χ1v) is 8.30. The van der Waals surface area contributed by atoms with E-state index in [0.717, 1.165) is 16.1 Å². The molecule has 0 bridgehead atoms. The van der Waals surface area contributed by atoms with Gasteiger partial charge in [-0.2, -0.15) is 5.26 Å². The molecule has 0 unspecified atom stereocenters. The summed E-state index contributed by atoms with van der Waals surface area (Å²) in [6, 6.07) is 5.04. The lowest BCUT2D eigenvalue weighted by Gasteiger charge is -2.14. The van der Waals surface area contributed by atoms with Crippen LogP contribution in [0, 0.1) is 18.3 Å². The molecule has 0 aromatic carbocycles. The van der Waals surface area contributed by atoms with E-state index in [0.29, 0.717) is 23.4 Å². The minimum atomic E-state index is -0.325. The number of rotatable bonds is 4. The van der Waals surface area contributed by atoms with Gasteiger partial charge in [0, 0.05) is 37.9 Å². The Morgan fingerprint density at radius 3 is 3.00 bits per heavy atom. The molecule has 0 saturated heterocycles. The molecule has 136 valence electrons. The Balaban J connectivity index is 0.00000196. The van der Waals surface area contributed by atoms with Crippen molar-refractivity contribution in [3.8, 4) is 6.07 Å². The summed E-state index contributed by atoms with van der Waals surface area (Å²) in [5.41, 5.74) is 2.12. The monoisotopic (exact) mass is 353 g/mol. The van der Waals surface area contributed by atoms with E-state index in [4.69, 9.17) is 5.26 Å². The van der Waals surface area contributed by atoms with Gasteiger partial charge in [0.05, 0.1) is 23.7 Å². The van der Waals surface area contributed by atoms with E-state index < -0.39 is 0 Å². The number of fused-ring (bicyclic) bond motifs is 1. The summed E-state index contributed by atoms with van der Waals surface area (Å²) >= 11 is 0. The Bertz CT molecular complexity index is 1070. The highest BCUT2D eigenvalue weighted by Gasteiger charge is 2.15. The third kappa shape index (κ3) is 3.49. The predicted octanol–water partition coefficient (Wildman–Crippen LogP) is -0.0164. The zero-order chi connectivity index (χ0) is 18.7. The van der Waals surface area contributed by atoms with Crippen LogP contribution in [-0.2, 0) is 11.2 Å². The molecule has 2 aromatic heterocycles. The van der Waals surface area contributed by atoms with Gasteiger partial charge in [0.25, 0.3) is 5.56 Å².